The molecule has 4 heteroatoms. The van der Waals surface area contributed by atoms with E-state index >= 15 is 0 Å². The third-order valence-corrected chi connectivity index (χ3v) is 5.88. The van der Waals surface area contributed by atoms with Gasteiger partial charge in [-0.05, 0) is 76.1 Å². The summed E-state index contributed by atoms with van der Waals surface area (Å²) in [5.41, 5.74) is 6.36. The van der Waals surface area contributed by atoms with Crippen molar-refractivity contribution in [2.75, 3.05) is 10.2 Å². The predicted octanol–water partition coefficient (Wildman–Crippen LogP) is 6.40. The Morgan fingerprint density at radius 1 is 0.875 bits per heavy atom. The topological polar surface area (TPSA) is 49.4 Å². The van der Waals surface area contributed by atoms with Crippen LogP contribution in [-0.4, -0.2) is 17.4 Å². The third-order valence-electron chi connectivity index (χ3n) is 5.88. The molecule has 1 heterocycles. The highest BCUT2D eigenvalue weighted by atomic mass is 16.2. The Morgan fingerprint density at radius 3 is 2.25 bits per heavy atom. The number of para-hydroxylation sites is 1. The van der Waals surface area contributed by atoms with Crippen LogP contribution in [0.3, 0.4) is 0 Å². The Kier molecular flexibility index (Phi) is 5.47. The summed E-state index contributed by atoms with van der Waals surface area (Å²) in [4.78, 5) is 28.6. The molecular formula is C28H28N2O2. The maximum atomic E-state index is 14.0. The maximum Gasteiger partial charge on any atom is 0.261 e. The summed E-state index contributed by atoms with van der Waals surface area (Å²) >= 11 is 0. The van der Waals surface area contributed by atoms with Crippen LogP contribution in [0.25, 0.3) is 5.57 Å². The first kappa shape index (κ1) is 21.6. The molecule has 0 bridgehead atoms. The number of fused-ring (bicyclic) bond motifs is 1. The minimum absolute atomic E-state index is 0.143. The van der Waals surface area contributed by atoms with Gasteiger partial charge in [-0.15, -0.1) is 0 Å². The highest BCUT2D eigenvalue weighted by Crippen LogP contribution is 2.42. The van der Waals surface area contributed by atoms with Gasteiger partial charge in [-0.25, -0.2) is 0 Å². The van der Waals surface area contributed by atoms with Crippen LogP contribution < -0.4 is 10.2 Å². The van der Waals surface area contributed by atoms with E-state index in [9.17, 15) is 9.59 Å². The molecule has 1 aliphatic rings. The molecule has 0 saturated heterocycles. The van der Waals surface area contributed by atoms with Gasteiger partial charge in [0.05, 0.1) is 22.5 Å². The van der Waals surface area contributed by atoms with Crippen molar-refractivity contribution in [3.63, 3.8) is 0 Å². The number of aryl methyl sites for hydroxylation is 2. The molecule has 0 atom stereocenters. The number of hydrogen-bond acceptors (Lipinski definition) is 2. The molecule has 3 aromatic carbocycles. The largest absolute Gasteiger partial charge is 0.321 e. The maximum absolute atomic E-state index is 14.0. The zero-order chi connectivity index (χ0) is 23.0. The average Bonchev–Trinajstić information content (AvgIpc) is 2.75. The molecule has 0 unspecified atom stereocenters. The third kappa shape index (κ3) is 3.84. The number of amides is 2. The average molecular weight is 425 g/mol. The van der Waals surface area contributed by atoms with Gasteiger partial charge in [0.15, 0.2) is 0 Å². The normalized spacial score (nSPS) is 14.4. The Hall–Kier alpha value is -3.66. The highest BCUT2D eigenvalue weighted by Gasteiger charge is 2.38. The molecule has 0 aliphatic carbocycles. The molecule has 0 aromatic heterocycles. The molecule has 0 spiro atoms. The van der Waals surface area contributed by atoms with Gasteiger partial charge in [-0.3, -0.25) is 14.5 Å². The molecule has 1 N–H and O–H groups in total. The van der Waals surface area contributed by atoms with E-state index in [0.717, 1.165) is 28.0 Å². The first-order valence-electron chi connectivity index (χ1n) is 10.8. The van der Waals surface area contributed by atoms with E-state index in [0.29, 0.717) is 16.8 Å². The number of allylic oxidation sites excluding steroid dienone is 1. The van der Waals surface area contributed by atoms with Crippen LogP contribution in [0.5, 0.6) is 0 Å². The number of rotatable bonds is 3. The zero-order valence-corrected chi connectivity index (χ0v) is 19.2. The molecule has 3 aromatic rings. The molecule has 0 saturated carbocycles. The number of hydrogen-bond donors (Lipinski definition) is 1. The summed E-state index contributed by atoms with van der Waals surface area (Å²) in [6.07, 6.45) is 2.14. The van der Waals surface area contributed by atoms with Crippen molar-refractivity contribution in [1.82, 2.24) is 0 Å². The predicted molar refractivity (Wildman–Crippen MR) is 131 cm³/mol. The number of nitrogens with zero attached hydrogens (tertiary/aromatic N) is 1. The van der Waals surface area contributed by atoms with E-state index in [4.69, 9.17) is 0 Å². The van der Waals surface area contributed by atoms with Gasteiger partial charge in [0.1, 0.15) is 0 Å². The summed E-state index contributed by atoms with van der Waals surface area (Å²) in [5.74, 6) is -0.386. The number of benzene rings is 3. The van der Waals surface area contributed by atoms with E-state index in [1.54, 1.807) is 24.3 Å². The van der Waals surface area contributed by atoms with Crippen LogP contribution >= 0.6 is 0 Å². The first-order valence-corrected chi connectivity index (χ1v) is 10.8. The fourth-order valence-electron chi connectivity index (χ4n) is 4.56. The number of nitrogens with one attached hydrogen (secondary N) is 1. The van der Waals surface area contributed by atoms with Gasteiger partial charge in [0.25, 0.3) is 11.8 Å². The van der Waals surface area contributed by atoms with Gasteiger partial charge in [0.2, 0.25) is 0 Å². The molecule has 0 radical (unpaired) electrons. The van der Waals surface area contributed by atoms with Crippen LogP contribution in [0.4, 0.5) is 11.4 Å². The van der Waals surface area contributed by atoms with Gasteiger partial charge in [-0.2, -0.15) is 0 Å². The second-order valence-corrected chi connectivity index (χ2v) is 8.97. The lowest BCUT2D eigenvalue weighted by molar-refractivity contribution is 0.0970. The summed E-state index contributed by atoms with van der Waals surface area (Å²) in [5, 5.41) is 2.93. The minimum atomic E-state index is -0.523. The van der Waals surface area contributed by atoms with E-state index in [1.165, 1.54) is 0 Å². The SMILES string of the molecule is CC1=CC(C)(C)N(C(=O)c2ccccc2NC(=O)c2ccccc2)c2c(C)cc(C)cc21. The summed E-state index contributed by atoms with van der Waals surface area (Å²) in [6, 6.07) is 20.4. The fourth-order valence-corrected chi connectivity index (χ4v) is 4.56. The molecular weight excluding hydrogens is 396 g/mol. The molecule has 2 amide bonds. The number of carbonyl (C=O) groups is 2. The summed E-state index contributed by atoms with van der Waals surface area (Å²) in [6.45, 7) is 10.3. The molecule has 4 nitrogen and oxygen atoms in total. The van der Waals surface area contributed by atoms with Crippen molar-refractivity contribution < 1.29 is 9.59 Å². The van der Waals surface area contributed by atoms with Crippen molar-refractivity contribution in [1.29, 1.82) is 0 Å². The quantitative estimate of drug-likeness (QED) is 0.529. The van der Waals surface area contributed by atoms with Gasteiger partial charge < -0.3 is 5.32 Å². The number of anilines is 2. The first-order chi connectivity index (χ1) is 15.2. The van der Waals surface area contributed by atoms with Crippen molar-refractivity contribution in [2.45, 2.75) is 40.2 Å². The Morgan fingerprint density at radius 2 is 1.53 bits per heavy atom. The van der Waals surface area contributed by atoms with Crippen LogP contribution in [0.2, 0.25) is 0 Å². The second-order valence-electron chi connectivity index (χ2n) is 8.97. The lowest BCUT2D eigenvalue weighted by Crippen LogP contribution is -2.49. The molecule has 162 valence electrons. The van der Waals surface area contributed by atoms with Crippen LogP contribution in [0.15, 0.2) is 72.8 Å². The van der Waals surface area contributed by atoms with E-state index < -0.39 is 5.54 Å². The van der Waals surface area contributed by atoms with Gasteiger partial charge in [-0.1, -0.05) is 48.0 Å². The molecule has 0 fully saturated rings. The second kappa shape index (κ2) is 8.12. The lowest BCUT2D eigenvalue weighted by atomic mass is 9.85. The van der Waals surface area contributed by atoms with Crippen LogP contribution in [0, 0.1) is 13.8 Å². The minimum Gasteiger partial charge on any atom is -0.321 e. The van der Waals surface area contributed by atoms with Crippen molar-refractivity contribution in [3.05, 3.63) is 101 Å². The van der Waals surface area contributed by atoms with E-state index in [-0.39, 0.29) is 11.8 Å². The van der Waals surface area contributed by atoms with Gasteiger partial charge in [0, 0.05) is 11.1 Å². The smallest absolute Gasteiger partial charge is 0.261 e. The lowest BCUT2D eigenvalue weighted by Gasteiger charge is -2.43. The Bertz CT molecular complexity index is 1240. The van der Waals surface area contributed by atoms with Crippen molar-refractivity contribution in [3.8, 4) is 0 Å². The van der Waals surface area contributed by atoms with Crippen molar-refractivity contribution in [2.24, 2.45) is 0 Å². The Balaban J connectivity index is 1.78. The van der Waals surface area contributed by atoms with Gasteiger partial charge >= 0.3 is 0 Å². The molecule has 1 aliphatic heterocycles. The number of carbonyl (C=O) groups excluding carboxylic acids is 2. The molecule has 4 rings (SSSR count). The highest BCUT2D eigenvalue weighted by molar-refractivity contribution is 6.15. The van der Waals surface area contributed by atoms with E-state index in [2.05, 4.69) is 37.4 Å². The fraction of sp³-hybridized carbons (Fsp3) is 0.214. The Labute approximate surface area is 189 Å². The zero-order valence-electron chi connectivity index (χ0n) is 19.2. The van der Waals surface area contributed by atoms with Crippen LogP contribution in [0.1, 0.15) is 58.2 Å². The molecule has 32 heavy (non-hydrogen) atoms. The van der Waals surface area contributed by atoms with E-state index in [1.807, 2.05) is 56.0 Å². The van der Waals surface area contributed by atoms with Crippen LogP contribution in [-0.2, 0) is 0 Å². The summed E-state index contributed by atoms with van der Waals surface area (Å²) < 4.78 is 0. The summed E-state index contributed by atoms with van der Waals surface area (Å²) in [7, 11) is 0. The monoisotopic (exact) mass is 424 g/mol. The van der Waals surface area contributed by atoms with Crippen molar-refractivity contribution >= 4 is 28.8 Å². The standard InChI is InChI=1S/C28H28N2O2/c1-18-15-19(2)25-23(16-18)20(3)17-28(4,5)30(25)27(32)22-13-9-10-14-24(22)29-26(31)21-11-7-6-8-12-21/h6-17H,1-5H3,(H,29,31).